The lowest BCUT2D eigenvalue weighted by Crippen LogP contribution is -2.29. The zero-order chi connectivity index (χ0) is 21.5. The maximum absolute atomic E-state index is 12.9. The van der Waals surface area contributed by atoms with Gasteiger partial charge in [0.15, 0.2) is 11.6 Å². The van der Waals surface area contributed by atoms with Crippen molar-refractivity contribution >= 4 is 23.5 Å². The van der Waals surface area contributed by atoms with Crippen molar-refractivity contribution in [1.29, 1.82) is 0 Å². The number of nitrogen functional groups attached to an aromatic ring is 1. The smallest absolute Gasteiger partial charge is 0.259 e. The molecule has 3 rings (SSSR count). The van der Waals surface area contributed by atoms with E-state index in [1.807, 2.05) is 19.1 Å². The summed E-state index contributed by atoms with van der Waals surface area (Å²) in [6, 6.07) is 7.14. The molecule has 0 aliphatic carbocycles. The van der Waals surface area contributed by atoms with Crippen molar-refractivity contribution in [2.45, 2.75) is 20.4 Å². The Bertz CT molecular complexity index is 1030. The van der Waals surface area contributed by atoms with Crippen LogP contribution in [0.15, 0.2) is 41.1 Å². The summed E-state index contributed by atoms with van der Waals surface area (Å²) >= 11 is 0. The van der Waals surface area contributed by atoms with Gasteiger partial charge in [-0.25, -0.2) is 9.97 Å². The summed E-state index contributed by atoms with van der Waals surface area (Å²) in [5, 5.41) is 8.51. The standard InChI is InChI=1S/C20H23N7O3/c1-12-5-3-7-23-14(12)11-25-20(29)16-17(21)26-18(15-6-4-10-30-15)27-19(16)24-9-8-22-13(2)28/h3-7,10H,8-9,11H2,1-2H3,(H,22,28)(H,25,29)(H3,21,24,26,27). The summed E-state index contributed by atoms with van der Waals surface area (Å²) in [4.78, 5) is 36.8. The zero-order valence-corrected chi connectivity index (χ0v) is 16.7. The first-order chi connectivity index (χ1) is 14.5. The van der Waals surface area contributed by atoms with E-state index in [1.54, 1.807) is 18.3 Å². The summed E-state index contributed by atoms with van der Waals surface area (Å²) < 4.78 is 5.33. The van der Waals surface area contributed by atoms with Crippen LogP contribution in [0.5, 0.6) is 0 Å². The van der Waals surface area contributed by atoms with Gasteiger partial charge in [0.1, 0.15) is 17.2 Å². The monoisotopic (exact) mass is 409 g/mol. The Hall–Kier alpha value is -3.95. The van der Waals surface area contributed by atoms with E-state index in [0.29, 0.717) is 18.8 Å². The van der Waals surface area contributed by atoms with Crippen molar-refractivity contribution in [3.05, 3.63) is 53.5 Å². The van der Waals surface area contributed by atoms with Gasteiger partial charge in [-0.2, -0.15) is 0 Å². The van der Waals surface area contributed by atoms with Gasteiger partial charge in [-0.3, -0.25) is 14.6 Å². The Morgan fingerprint density at radius 2 is 1.97 bits per heavy atom. The van der Waals surface area contributed by atoms with Crippen LogP contribution in [0.4, 0.5) is 11.6 Å². The van der Waals surface area contributed by atoms with Crippen molar-refractivity contribution in [3.8, 4) is 11.6 Å². The number of anilines is 2. The normalized spacial score (nSPS) is 10.5. The molecular weight excluding hydrogens is 386 g/mol. The number of carbonyl (C=O) groups is 2. The fourth-order valence-corrected chi connectivity index (χ4v) is 2.72. The first-order valence-corrected chi connectivity index (χ1v) is 9.34. The number of aromatic nitrogens is 3. The SMILES string of the molecule is CC(=O)NCCNc1nc(-c2ccco2)nc(N)c1C(=O)NCc1ncccc1C. The minimum atomic E-state index is -0.439. The maximum Gasteiger partial charge on any atom is 0.259 e. The van der Waals surface area contributed by atoms with Gasteiger partial charge in [-0.1, -0.05) is 6.07 Å². The van der Waals surface area contributed by atoms with Gasteiger partial charge >= 0.3 is 0 Å². The van der Waals surface area contributed by atoms with Crippen LogP contribution in [0, 0.1) is 6.92 Å². The summed E-state index contributed by atoms with van der Waals surface area (Å²) in [6.07, 6.45) is 3.16. The van der Waals surface area contributed by atoms with Crippen LogP contribution < -0.4 is 21.7 Å². The molecular formula is C20H23N7O3. The fourth-order valence-electron chi connectivity index (χ4n) is 2.72. The molecule has 0 aliphatic heterocycles. The van der Waals surface area contributed by atoms with Crippen molar-refractivity contribution < 1.29 is 14.0 Å². The van der Waals surface area contributed by atoms with Gasteiger partial charge in [-0.05, 0) is 30.7 Å². The van der Waals surface area contributed by atoms with E-state index in [-0.39, 0.29) is 35.5 Å². The van der Waals surface area contributed by atoms with Gasteiger partial charge in [0.05, 0.1) is 18.5 Å². The Balaban J connectivity index is 1.84. The van der Waals surface area contributed by atoms with Crippen molar-refractivity contribution in [2.24, 2.45) is 0 Å². The van der Waals surface area contributed by atoms with Crippen LogP contribution in [0.1, 0.15) is 28.5 Å². The minimum Gasteiger partial charge on any atom is -0.461 e. The van der Waals surface area contributed by atoms with Gasteiger partial charge < -0.3 is 26.1 Å². The van der Waals surface area contributed by atoms with E-state index in [2.05, 4.69) is 30.9 Å². The van der Waals surface area contributed by atoms with E-state index in [4.69, 9.17) is 10.2 Å². The third-order valence-corrected chi connectivity index (χ3v) is 4.23. The van der Waals surface area contributed by atoms with E-state index in [9.17, 15) is 9.59 Å². The predicted octanol–water partition coefficient (Wildman–Crippen LogP) is 1.50. The third-order valence-electron chi connectivity index (χ3n) is 4.23. The Morgan fingerprint density at radius 3 is 2.67 bits per heavy atom. The number of rotatable bonds is 8. The third kappa shape index (κ3) is 5.10. The number of carbonyl (C=O) groups excluding carboxylic acids is 2. The number of hydrogen-bond acceptors (Lipinski definition) is 8. The van der Waals surface area contributed by atoms with Crippen LogP contribution in [0.25, 0.3) is 11.6 Å². The number of nitrogens with zero attached hydrogens (tertiary/aromatic N) is 3. The summed E-state index contributed by atoms with van der Waals surface area (Å²) in [6.45, 7) is 4.27. The van der Waals surface area contributed by atoms with Crippen molar-refractivity contribution in [2.75, 3.05) is 24.1 Å². The molecule has 0 fully saturated rings. The molecule has 0 saturated carbocycles. The minimum absolute atomic E-state index is 0.00803. The van der Waals surface area contributed by atoms with E-state index in [1.165, 1.54) is 13.2 Å². The number of amides is 2. The highest BCUT2D eigenvalue weighted by Gasteiger charge is 2.21. The van der Waals surface area contributed by atoms with Crippen LogP contribution >= 0.6 is 0 Å². The van der Waals surface area contributed by atoms with E-state index in [0.717, 1.165) is 11.3 Å². The molecule has 2 amide bonds. The summed E-state index contributed by atoms with van der Waals surface area (Å²) in [7, 11) is 0. The largest absolute Gasteiger partial charge is 0.461 e. The molecule has 0 saturated heterocycles. The molecule has 10 nitrogen and oxygen atoms in total. The summed E-state index contributed by atoms with van der Waals surface area (Å²) in [5.41, 5.74) is 7.92. The van der Waals surface area contributed by atoms with Crippen molar-refractivity contribution in [3.63, 3.8) is 0 Å². The van der Waals surface area contributed by atoms with E-state index < -0.39 is 5.91 Å². The van der Waals surface area contributed by atoms with Gasteiger partial charge in [0.25, 0.3) is 5.91 Å². The Morgan fingerprint density at radius 1 is 1.13 bits per heavy atom. The number of nitrogens with two attached hydrogens (primary N) is 1. The van der Waals surface area contributed by atoms with E-state index >= 15 is 0 Å². The van der Waals surface area contributed by atoms with Crippen LogP contribution in [0.2, 0.25) is 0 Å². The van der Waals surface area contributed by atoms with Crippen LogP contribution in [-0.2, 0) is 11.3 Å². The van der Waals surface area contributed by atoms with Gasteiger partial charge in [0, 0.05) is 26.2 Å². The average Bonchev–Trinajstić information content (AvgIpc) is 3.25. The Kier molecular flexibility index (Phi) is 6.58. The predicted molar refractivity (Wildman–Crippen MR) is 111 cm³/mol. The fraction of sp³-hybridized carbons (Fsp3) is 0.250. The number of furan rings is 1. The highest BCUT2D eigenvalue weighted by atomic mass is 16.3. The second-order valence-corrected chi connectivity index (χ2v) is 6.49. The summed E-state index contributed by atoms with van der Waals surface area (Å²) in [5.74, 6) is 0.326. The van der Waals surface area contributed by atoms with Crippen molar-refractivity contribution in [1.82, 2.24) is 25.6 Å². The number of nitrogens with one attached hydrogen (secondary N) is 3. The molecule has 30 heavy (non-hydrogen) atoms. The number of aryl methyl sites for hydroxylation is 1. The lowest BCUT2D eigenvalue weighted by Gasteiger charge is -2.14. The highest BCUT2D eigenvalue weighted by Crippen LogP contribution is 2.24. The highest BCUT2D eigenvalue weighted by molar-refractivity contribution is 6.03. The molecule has 5 N–H and O–H groups in total. The average molecular weight is 409 g/mol. The van der Waals surface area contributed by atoms with Crippen LogP contribution in [0.3, 0.4) is 0 Å². The molecule has 0 bridgehead atoms. The van der Waals surface area contributed by atoms with Gasteiger partial charge in [0.2, 0.25) is 5.91 Å². The molecule has 0 atom stereocenters. The molecule has 0 radical (unpaired) electrons. The molecule has 0 aliphatic rings. The second kappa shape index (κ2) is 9.50. The van der Waals surface area contributed by atoms with Crippen LogP contribution in [-0.4, -0.2) is 39.9 Å². The molecule has 0 spiro atoms. The lowest BCUT2D eigenvalue weighted by atomic mass is 10.2. The molecule has 3 aromatic rings. The number of pyridine rings is 1. The maximum atomic E-state index is 12.9. The molecule has 3 aromatic heterocycles. The first-order valence-electron chi connectivity index (χ1n) is 9.34. The zero-order valence-electron chi connectivity index (χ0n) is 16.7. The lowest BCUT2D eigenvalue weighted by molar-refractivity contribution is -0.118. The number of hydrogen-bond donors (Lipinski definition) is 4. The molecule has 10 heteroatoms. The Labute approximate surface area is 173 Å². The van der Waals surface area contributed by atoms with Gasteiger partial charge in [-0.15, -0.1) is 0 Å². The molecule has 156 valence electrons. The first kappa shape index (κ1) is 20.8. The molecule has 0 unspecified atom stereocenters. The topological polar surface area (TPSA) is 148 Å². The quantitative estimate of drug-likeness (QED) is 0.409. The molecule has 3 heterocycles. The second-order valence-electron chi connectivity index (χ2n) is 6.49. The molecule has 0 aromatic carbocycles.